The van der Waals surface area contributed by atoms with Gasteiger partial charge in [-0.25, -0.2) is 0 Å². The largest absolute Gasteiger partial charge is 0.370 e. The van der Waals surface area contributed by atoms with Crippen LogP contribution in [-0.4, -0.2) is 39.4 Å². The van der Waals surface area contributed by atoms with Gasteiger partial charge in [0.05, 0.1) is 39.4 Å². The highest BCUT2D eigenvalue weighted by molar-refractivity contribution is 5.26. The molecule has 0 amide bonds. The predicted molar refractivity (Wildman–Crippen MR) is 108 cm³/mol. The molecule has 0 atom stereocenters. The highest BCUT2D eigenvalue weighted by atomic mass is 16.5. The minimum absolute atomic E-state index is 0.830. The van der Waals surface area contributed by atoms with E-state index < -0.39 is 0 Å². The van der Waals surface area contributed by atoms with Crippen LogP contribution in [0.4, 0.5) is 0 Å². The van der Waals surface area contributed by atoms with E-state index in [1.807, 2.05) is 0 Å². The first-order chi connectivity index (χ1) is 13.4. The van der Waals surface area contributed by atoms with E-state index in [4.69, 9.17) is 4.74 Å². The topological polar surface area (TPSA) is 59.1 Å². The molecule has 0 unspecified atom stereocenters. The van der Waals surface area contributed by atoms with Crippen LogP contribution in [0.25, 0.3) is 0 Å². The van der Waals surface area contributed by atoms with Gasteiger partial charge < -0.3 is 20.7 Å². The molecule has 2 aromatic carbocycles. The summed E-state index contributed by atoms with van der Waals surface area (Å²) in [5.41, 5.74) is 4.56. The van der Waals surface area contributed by atoms with Gasteiger partial charge in [-0.3, -0.25) is 0 Å². The van der Waals surface area contributed by atoms with Crippen LogP contribution in [0.15, 0.2) is 54.6 Å². The minimum atomic E-state index is 0.830. The lowest BCUT2D eigenvalue weighted by Crippen LogP contribution is -2.87. The Hall–Kier alpha value is -1.72. The third-order valence-electron chi connectivity index (χ3n) is 5.49. The lowest BCUT2D eigenvalue weighted by atomic mass is 9.90. The number of nitrogens with two attached hydrogens (primary N) is 3. The SMILES string of the molecule is C1COCC[NH2+]1.c1ccc(C2CC[NH2+]CC2)cc1.c1ccc2c(c1)C[NH2+]C2. The Morgan fingerprint density at radius 1 is 0.630 bits per heavy atom. The molecule has 5 rings (SSSR count). The predicted octanol–water partition coefficient (Wildman–Crippen LogP) is -0.0290. The summed E-state index contributed by atoms with van der Waals surface area (Å²) >= 11 is 0. The van der Waals surface area contributed by atoms with Crippen molar-refractivity contribution in [2.24, 2.45) is 0 Å². The fourth-order valence-corrected chi connectivity index (χ4v) is 3.90. The molecule has 4 nitrogen and oxygen atoms in total. The smallest absolute Gasteiger partial charge is 0.102 e. The summed E-state index contributed by atoms with van der Waals surface area (Å²) in [5, 5.41) is 7.01. The van der Waals surface area contributed by atoms with Crippen molar-refractivity contribution in [2.45, 2.75) is 31.8 Å². The van der Waals surface area contributed by atoms with Gasteiger partial charge in [0.2, 0.25) is 0 Å². The zero-order valence-electron chi connectivity index (χ0n) is 16.5. The van der Waals surface area contributed by atoms with Crippen molar-refractivity contribution in [3.63, 3.8) is 0 Å². The molecule has 4 heteroatoms. The van der Waals surface area contributed by atoms with Crippen LogP contribution >= 0.6 is 0 Å². The minimum Gasteiger partial charge on any atom is -0.370 e. The molecule has 0 spiro atoms. The highest BCUT2D eigenvalue weighted by Gasteiger charge is 2.16. The number of piperidine rings is 1. The van der Waals surface area contributed by atoms with Crippen molar-refractivity contribution in [3.05, 3.63) is 71.3 Å². The lowest BCUT2D eigenvalue weighted by Gasteiger charge is -2.20. The second-order valence-corrected chi connectivity index (χ2v) is 7.50. The van der Waals surface area contributed by atoms with Gasteiger partial charge in [0.25, 0.3) is 0 Å². The zero-order chi connectivity index (χ0) is 18.6. The normalized spacial score (nSPS) is 19.1. The summed E-state index contributed by atoms with van der Waals surface area (Å²) in [6.45, 7) is 9.16. The molecule has 3 aliphatic heterocycles. The third kappa shape index (κ3) is 7.07. The number of ether oxygens (including phenoxy) is 1. The Labute approximate surface area is 163 Å². The first kappa shape index (κ1) is 20.0. The van der Waals surface area contributed by atoms with E-state index in [2.05, 4.69) is 70.5 Å². The summed E-state index contributed by atoms with van der Waals surface area (Å²) < 4.78 is 5.04. The van der Waals surface area contributed by atoms with E-state index in [0.29, 0.717) is 0 Å². The first-order valence-electron chi connectivity index (χ1n) is 10.6. The van der Waals surface area contributed by atoms with Crippen molar-refractivity contribution in [1.29, 1.82) is 0 Å². The van der Waals surface area contributed by atoms with Gasteiger partial charge in [-0.2, -0.15) is 0 Å². The highest BCUT2D eigenvalue weighted by Crippen LogP contribution is 2.22. The molecule has 0 saturated carbocycles. The molecule has 0 bridgehead atoms. The maximum Gasteiger partial charge on any atom is 0.102 e. The molecule has 27 heavy (non-hydrogen) atoms. The maximum atomic E-state index is 5.04. The van der Waals surface area contributed by atoms with E-state index in [0.717, 1.165) is 32.2 Å². The number of hydrogen-bond acceptors (Lipinski definition) is 1. The van der Waals surface area contributed by atoms with Gasteiger partial charge in [0.15, 0.2) is 0 Å². The summed E-state index contributed by atoms with van der Waals surface area (Å²) in [7, 11) is 0. The Morgan fingerprint density at radius 2 is 1.19 bits per heavy atom. The third-order valence-corrected chi connectivity index (χ3v) is 5.49. The number of morpholine rings is 1. The molecule has 3 heterocycles. The molecule has 146 valence electrons. The van der Waals surface area contributed by atoms with Crippen molar-refractivity contribution in [1.82, 2.24) is 0 Å². The average Bonchev–Trinajstić information content (AvgIpc) is 3.26. The molecule has 0 radical (unpaired) electrons. The maximum absolute atomic E-state index is 5.04. The fourth-order valence-electron chi connectivity index (χ4n) is 3.90. The van der Waals surface area contributed by atoms with Crippen LogP contribution < -0.4 is 16.0 Å². The molecule has 2 fully saturated rings. The zero-order valence-corrected chi connectivity index (χ0v) is 16.5. The number of hydrogen-bond donors (Lipinski definition) is 3. The van der Waals surface area contributed by atoms with Gasteiger partial charge >= 0.3 is 0 Å². The molecule has 0 aliphatic carbocycles. The molecule has 2 saturated heterocycles. The van der Waals surface area contributed by atoms with Crippen LogP contribution in [0, 0.1) is 0 Å². The quantitative estimate of drug-likeness (QED) is 0.649. The van der Waals surface area contributed by atoms with Crippen molar-refractivity contribution in [2.75, 3.05) is 39.4 Å². The van der Waals surface area contributed by atoms with E-state index in [-0.39, 0.29) is 0 Å². The van der Waals surface area contributed by atoms with Crippen LogP contribution in [0.2, 0.25) is 0 Å². The second kappa shape index (κ2) is 11.9. The summed E-state index contributed by atoms with van der Waals surface area (Å²) in [5.74, 6) is 0.830. The number of rotatable bonds is 1. The van der Waals surface area contributed by atoms with E-state index >= 15 is 0 Å². The molecule has 0 aromatic heterocycles. The molecule has 6 N–H and O–H groups in total. The summed E-state index contributed by atoms with van der Waals surface area (Å²) in [4.78, 5) is 0. The first-order valence-corrected chi connectivity index (χ1v) is 10.6. The Kier molecular flexibility index (Phi) is 8.81. The lowest BCUT2D eigenvalue weighted by molar-refractivity contribution is -0.676. The number of benzene rings is 2. The number of quaternary nitrogens is 3. The van der Waals surface area contributed by atoms with Gasteiger partial charge in [0, 0.05) is 24.0 Å². The molecular formula is C23H36N3O+3. The van der Waals surface area contributed by atoms with Crippen molar-refractivity contribution >= 4 is 0 Å². The Bertz CT molecular complexity index is 603. The van der Waals surface area contributed by atoms with Crippen molar-refractivity contribution in [3.8, 4) is 0 Å². The second-order valence-electron chi connectivity index (χ2n) is 7.50. The standard InChI is InChI=1S/C11H15N.C8H9N.C4H9NO/c1-2-4-10(5-3-1)11-6-8-12-9-7-11;1-2-4-8-6-9-5-7(8)3-1;1-3-6-4-2-5-1/h1-5,11-12H,6-9H2;1-4,9H,5-6H2;5H,1-4H2/p+3. The van der Waals surface area contributed by atoms with Gasteiger partial charge in [-0.05, 0) is 11.5 Å². The number of fused-ring (bicyclic) bond motifs is 1. The van der Waals surface area contributed by atoms with Crippen molar-refractivity contribution < 1.29 is 20.7 Å². The average molecular weight is 371 g/mol. The van der Waals surface area contributed by atoms with E-state index in [1.165, 1.54) is 55.7 Å². The van der Waals surface area contributed by atoms with Crippen LogP contribution in [0.5, 0.6) is 0 Å². The summed E-state index contributed by atoms with van der Waals surface area (Å²) in [6, 6.07) is 19.5. The molecular weight excluding hydrogens is 334 g/mol. The van der Waals surface area contributed by atoms with Crippen LogP contribution in [0.1, 0.15) is 35.4 Å². The van der Waals surface area contributed by atoms with Gasteiger partial charge in [-0.1, -0.05) is 54.6 Å². The van der Waals surface area contributed by atoms with Crippen LogP contribution in [0.3, 0.4) is 0 Å². The fraction of sp³-hybridized carbons (Fsp3) is 0.478. The summed E-state index contributed by atoms with van der Waals surface area (Å²) in [6.07, 6.45) is 2.70. The Morgan fingerprint density at radius 3 is 1.70 bits per heavy atom. The molecule has 2 aromatic rings. The monoisotopic (exact) mass is 370 g/mol. The van der Waals surface area contributed by atoms with E-state index in [9.17, 15) is 0 Å². The molecule has 3 aliphatic rings. The van der Waals surface area contributed by atoms with Gasteiger partial charge in [-0.15, -0.1) is 0 Å². The van der Waals surface area contributed by atoms with E-state index in [1.54, 1.807) is 0 Å². The van der Waals surface area contributed by atoms with Crippen LogP contribution in [-0.2, 0) is 17.8 Å². The van der Waals surface area contributed by atoms with Gasteiger partial charge in [0.1, 0.15) is 13.1 Å². The Balaban J connectivity index is 0.000000124.